The highest BCUT2D eigenvalue weighted by Gasteiger charge is 2.40. The summed E-state index contributed by atoms with van der Waals surface area (Å²) in [7, 11) is 4.17. The van der Waals surface area contributed by atoms with Crippen LogP contribution in [0.4, 0.5) is 0 Å². The molecule has 1 amide bonds. The van der Waals surface area contributed by atoms with Crippen LogP contribution in [0.15, 0.2) is 0 Å². The Morgan fingerprint density at radius 1 is 1.44 bits per heavy atom. The minimum atomic E-state index is -0.461. The van der Waals surface area contributed by atoms with Crippen LogP contribution in [0.3, 0.4) is 0 Å². The van der Waals surface area contributed by atoms with Gasteiger partial charge in [-0.2, -0.15) is 0 Å². The zero-order chi connectivity index (χ0) is 12.4. The van der Waals surface area contributed by atoms with Crippen molar-refractivity contribution in [2.24, 2.45) is 11.1 Å². The molecule has 1 saturated carbocycles. The first kappa shape index (κ1) is 13.5. The molecular weight excluding hydrogens is 202 g/mol. The van der Waals surface area contributed by atoms with Gasteiger partial charge in [0.1, 0.15) is 0 Å². The van der Waals surface area contributed by atoms with E-state index in [1.807, 2.05) is 13.8 Å². The molecule has 0 atom stereocenters. The first-order valence-corrected chi connectivity index (χ1v) is 6.00. The summed E-state index contributed by atoms with van der Waals surface area (Å²) in [5.41, 5.74) is 5.30. The first-order valence-electron chi connectivity index (χ1n) is 6.00. The topological polar surface area (TPSA) is 58.4 Å². The zero-order valence-corrected chi connectivity index (χ0v) is 11.0. The molecule has 1 aliphatic rings. The summed E-state index contributed by atoms with van der Waals surface area (Å²) in [6.07, 6.45) is 3.60. The van der Waals surface area contributed by atoms with Gasteiger partial charge < -0.3 is 16.0 Å². The van der Waals surface area contributed by atoms with Crippen molar-refractivity contribution in [1.82, 2.24) is 10.2 Å². The molecule has 0 aromatic carbocycles. The Balaban J connectivity index is 2.48. The second-order valence-corrected chi connectivity index (χ2v) is 5.74. The number of hydrogen-bond acceptors (Lipinski definition) is 3. The van der Waals surface area contributed by atoms with Crippen LogP contribution in [0.1, 0.15) is 33.1 Å². The van der Waals surface area contributed by atoms with Crippen molar-refractivity contribution < 1.29 is 4.79 Å². The predicted octanol–water partition coefficient (Wildman–Crippen LogP) is 0.572. The van der Waals surface area contributed by atoms with E-state index >= 15 is 0 Å². The van der Waals surface area contributed by atoms with Gasteiger partial charge >= 0.3 is 0 Å². The minimum Gasteiger partial charge on any atom is -0.354 e. The number of carbonyl (C=O) groups is 1. The van der Waals surface area contributed by atoms with Crippen molar-refractivity contribution in [2.75, 3.05) is 27.2 Å². The van der Waals surface area contributed by atoms with Crippen LogP contribution < -0.4 is 11.1 Å². The fourth-order valence-electron chi connectivity index (χ4n) is 1.94. The van der Waals surface area contributed by atoms with Crippen LogP contribution >= 0.6 is 0 Å². The minimum absolute atomic E-state index is 0.0584. The molecule has 1 rings (SSSR count). The van der Waals surface area contributed by atoms with Gasteiger partial charge in [-0.1, -0.05) is 0 Å². The van der Waals surface area contributed by atoms with Crippen molar-refractivity contribution in [3.63, 3.8) is 0 Å². The maximum atomic E-state index is 11.9. The number of hydrogen-bond donors (Lipinski definition) is 2. The number of rotatable bonds is 5. The van der Waals surface area contributed by atoms with Crippen molar-refractivity contribution in [2.45, 2.75) is 38.6 Å². The number of carbonyl (C=O) groups excluding carboxylic acids is 1. The van der Waals surface area contributed by atoms with Gasteiger partial charge in [0.15, 0.2) is 0 Å². The fraction of sp³-hybridized carbons (Fsp3) is 0.917. The van der Waals surface area contributed by atoms with E-state index in [9.17, 15) is 4.79 Å². The van der Waals surface area contributed by atoms with Crippen LogP contribution in [0, 0.1) is 5.41 Å². The molecule has 94 valence electrons. The van der Waals surface area contributed by atoms with Gasteiger partial charge in [0, 0.05) is 18.6 Å². The van der Waals surface area contributed by atoms with Crippen LogP contribution in [-0.2, 0) is 4.79 Å². The zero-order valence-electron chi connectivity index (χ0n) is 11.0. The van der Waals surface area contributed by atoms with Gasteiger partial charge in [-0.15, -0.1) is 0 Å². The summed E-state index contributed by atoms with van der Waals surface area (Å²) in [4.78, 5) is 14.1. The lowest BCUT2D eigenvalue weighted by atomic mass is 9.75. The molecule has 0 radical (unpaired) electrons. The van der Waals surface area contributed by atoms with E-state index in [2.05, 4.69) is 24.3 Å². The summed E-state index contributed by atoms with van der Waals surface area (Å²) >= 11 is 0. The molecule has 0 aromatic rings. The highest BCUT2D eigenvalue weighted by molar-refractivity contribution is 5.82. The van der Waals surface area contributed by atoms with Gasteiger partial charge in [0.25, 0.3) is 0 Å². The molecule has 0 spiro atoms. The van der Waals surface area contributed by atoms with E-state index in [1.54, 1.807) is 0 Å². The van der Waals surface area contributed by atoms with Crippen LogP contribution in [0.5, 0.6) is 0 Å². The lowest BCUT2D eigenvalue weighted by Gasteiger charge is -2.47. The normalized spacial score (nSPS) is 19.4. The van der Waals surface area contributed by atoms with E-state index < -0.39 is 5.41 Å². The first-order chi connectivity index (χ1) is 7.34. The quantitative estimate of drug-likeness (QED) is 0.722. The van der Waals surface area contributed by atoms with E-state index in [4.69, 9.17) is 5.73 Å². The van der Waals surface area contributed by atoms with E-state index in [0.29, 0.717) is 6.54 Å². The maximum Gasteiger partial charge on any atom is 0.226 e. The molecule has 16 heavy (non-hydrogen) atoms. The highest BCUT2D eigenvalue weighted by Crippen LogP contribution is 2.35. The van der Waals surface area contributed by atoms with Crippen LogP contribution in [0.25, 0.3) is 0 Å². The van der Waals surface area contributed by atoms with Gasteiger partial charge in [0.05, 0.1) is 5.41 Å². The molecule has 0 heterocycles. The Morgan fingerprint density at radius 3 is 2.31 bits per heavy atom. The third-order valence-corrected chi connectivity index (χ3v) is 3.94. The van der Waals surface area contributed by atoms with E-state index in [0.717, 1.165) is 6.54 Å². The summed E-state index contributed by atoms with van der Waals surface area (Å²) < 4.78 is 0. The molecule has 1 aliphatic carbocycles. The van der Waals surface area contributed by atoms with E-state index in [1.165, 1.54) is 19.3 Å². The van der Waals surface area contributed by atoms with Crippen LogP contribution in [-0.4, -0.2) is 43.5 Å². The Bertz CT molecular complexity index is 257. The Hall–Kier alpha value is -0.610. The number of nitrogens with zero attached hydrogens (tertiary/aromatic N) is 1. The molecule has 0 bridgehead atoms. The van der Waals surface area contributed by atoms with Crippen molar-refractivity contribution in [3.05, 3.63) is 0 Å². The number of nitrogens with one attached hydrogen (secondary N) is 1. The predicted molar refractivity (Wildman–Crippen MR) is 66.1 cm³/mol. The fourth-order valence-corrected chi connectivity index (χ4v) is 1.94. The van der Waals surface area contributed by atoms with Gasteiger partial charge in [-0.05, 0) is 47.2 Å². The van der Waals surface area contributed by atoms with Crippen molar-refractivity contribution in [1.29, 1.82) is 0 Å². The molecular formula is C12H25N3O. The second kappa shape index (κ2) is 4.72. The summed E-state index contributed by atoms with van der Waals surface area (Å²) in [5, 5.41) is 3.04. The van der Waals surface area contributed by atoms with Gasteiger partial charge in [0.2, 0.25) is 5.91 Å². The van der Waals surface area contributed by atoms with Crippen molar-refractivity contribution >= 4 is 5.91 Å². The largest absolute Gasteiger partial charge is 0.354 e. The van der Waals surface area contributed by atoms with Crippen molar-refractivity contribution in [3.8, 4) is 0 Å². The molecule has 0 unspecified atom stereocenters. The summed E-state index contributed by atoms with van der Waals surface area (Å²) in [6, 6.07) is 0. The van der Waals surface area contributed by atoms with Gasteiger partial charge in [-0.3, -0.25) is 4.79 Å². The Morgan fingerprint density at radius 2 is 2.00 bits per heavy atom. The Kier molecular flexibility index (Phi) is 3.97. The smallest absolute Gasteiger partial charge is 0.226 e. The molecule has 4 nitrogen and oxygen atoms in total. The summed E-state index contributed by atoms with van der Waals surface area (Å²) in [6.45, 7) is 4.88. The molecule has 0 saturated heterocycles. The average Bonchev–Trinajstić information content (AvgIpc) is 2.15. The molecule has 4 heteroatoms. The third kappa shape index (κ3) is 2.55. The number of amides is 1. The summed E-state index contributed by atoms with van der Waals surface area (Å²) in [5.74, 6) is 0.0584. The monoisotopic (exact) mass is 227 g/mol. The SMILES string of the molecule is CN(C)C1(CNC(=O)C(C)(C)CN)CCC1. The van der Waals surface area contributed by atoms with E-state index in [-0.39, 0.29) is 11.4 Å². The number of nitrogens with two attached hydrogens (primary N) is 1. The lowest BCUT2D eigenvalue weighted by molar-refractivity contribution is -0.129. The molecule has 1 fully saturated rings. The Labute approximate surface area is 98.6 Å². The average molecular weight is 227 g/mol. The standard InChI is InChI=1S/C12H25N3O/c1-11(2,8-13)10(16)14-9-12(15(3)4)6-5-7-12/h5-9,13H2,1-4H3,(H,14,16). The van der Waals surface area contributed by atoms with Crippen LogP contribution in [0.2, 0.25) is 0 Å². The maximum absolute atomic E-state index is 11.9. The highest BCUT2D eigenvalue weighted by atomic mass is 16.2. The number of likely N-dealkylation sites (N-methyl/N-ethyl adjacent to an activating group) is 1. The molecule has 0 aliphatic heterocycles. The second-order valence-electron chi connectivity index (χ2n) is 5.74. The van der Waals surface area contributed by atoms with Gasteiger partial charge in [-0.25, -0.2) is 0 Å². The molecule has 3 N–H and O–H groups in total. The third-order valence-electron chi connectivity index (χ3n) is 3.94. The molecule has 0 aromatic heterocycles. The lowest BCUT2D eigenvalue weighted by Crippen LogP contribution is -2.58.